The number of nitrogens with one attached hydrogen (secondary N) is 1. The number of aliphatic hydroxyl groups is 1. The van der Waals surface area contributed by atoms with Crippen LogP contribution < -0.4 is 5.32 Å². The van der Waals surface area contributed by atoms with Gasteiger partial charge < -0.3 is 15.3 Å². The van der Waals surface area contributed by atoms with Crippen LogP contribution in [0.4, 0.5) is 0 Å². The van der Waals surface area contributed by atoms with Crippen LogP contribution in [0.25, 0.3) is 0 Å². The van der Waals surface area contributed by atoms with E-state index in [1.807, 2.05) is 11.0 Å². The van der Waals surface area contributed by atoms with E-state index in [9.17, 15) is 14.7 Å². The molecule has 1 aromatic rings. The molecule has 4 rings (SSSR count). The molecule has 1 saturated carbocycles. The van der Waals surface area contributed by atoms with Gasteiger partial charge >= 0.3 is 0 Å². The Labute approximate surface area is 201 Å². The highest BCUT2D eigenvalue weighted by Crippen LogP contribution is 2.36. The van der Waals surface area contributed by atoms with Crippen molar-refractivity contribution in [3.05, 3.63) is 29.0 Å². The van der Waals surface area contributed by atoms with Gasteiger partial charge in [-0.25, -0.2) is 4.98 Å². The summed E-state index contributed by atoms with van der Waals surface area (Å²) in [5, 5.41) is 14.5. The zero-order valence-corrected chi connectivity index (χ0v) is 20.4. The van der Waals surface area contributed by atoms with E-state index in [0.717, 1.165) is 63.7 Å². The van der Waals surface area contributed by atoms with Crippen molar-refractivity contribution in [3.63, 3.8) is 0 Å². The number of piperidine rings is 1. The molecule has 1 aromatic heterocycles. The number of nitrogens with zero attached hydrogens (tertiary/aromatic N) is 3. The molecule has 0 unspecified atom stereocenters. The number of aliphatic hydroxyl groups excluding tert-OH is 1. The number of aromatic nitrogens is 1. The minimum Gasteiger partial charge on any atom is -0.390 e. The van der Waals surface area contributed by atoms with Gasteiger partial charge in [0.1, 0.15) is 16.7 Å². The number of hydrogen-bond donors (Lipinski definition) is 2. The van der Waals surface area contributed by atoms with E-state index in [1.165, 1.54) is 6.42 Å². The highest BCUT2D eigenvalue weighted by atomic mass is 35.5. The van der Waals surface area contributed by atoms with Crippen molar-refractivity contribution in [1.82, 2.24) is 20.1 Å². The standard InChI is InChI=1S/C25H37ClN4O3/c1-2-3-13-30-23(32)21(22(31)19-7-5-4-6-8-19)28-24(33)25(30)11-14-29(15-12-25)17-18-9-10-20(26)27-16-18/h9-10,16,19,21-22,31H,2-8,11-15,17H2,1H3,(H,28,33)/t21-,22-/m1/s1. The van der Waals surface area contributed by atoms with E-state index in [-0.39, 0.29) is 17.7 Å². The molecule has 1 spiro atoms. The van der Waals surface area contributed by atoms with Gasteiger partial charge in [-0.15, -0.1) is 0 Å². The third-order valence-corrected chi connectivity index (χ3v) is 8.07. The molecule has 1 aliphatic carbocycles. The number of unbranched alkanes of at least 4 members (excludes halogenated alkanes) is 1. The lowest BCUT2D eigenvalue weighted by Gasteiger charge is -2.52. The fraction of sp³-hybridized carbons (Fsp3) is 0.720. The van der Waals surface area contributed by atoms with Gasteiger partial charge in [-0.3, -0.25) is 14.5 Å². The number of halogens is 1. The molecule has 2 N–H and O–H groups in total. The summed E-state index contributed by atoms with van der Waals surface area (Å²) in [4.78, 5) is 35.5. The lowest BCUT2D eigenvalue weighted by molar-refractivity contribution is -0.166. The number of amides is 2. The minimum absolute atomic E-state index is 0.0879. The molecule has 2 saturated heterocycles. The Morgan fingerprint density at radius 1 is 1.21 bits per heavy atom. The second-order valence-electron chi connectivity index (χ2n) is 9.98. The minimum atomic E-state index is -0.818. The summed E-state index contributed by atoms with van der Waals surface area (Å²) in [5.74, 6) is -0.104. The number of rotatable bonds is 7. The SMILES string of the molecule is CCCCN1C(=O)[C@@H]([C@H](O)C2CCCCC2)NC(=O)C12CCN(Cc1ccc(Cl)nc1)CC2. The normalized spacial score (nSPS) is 25.3. The number of carbonyl (C=O) groups is 2. The van der Waals surface area contributed by atoms with E-state index in [1.54, 1.807) is 12.3 Å². The average molecular weight is 477 g/mol. The van der Waals surface area contributed by atoms with Crippen LogP contribution in [0.5, 0.6) is 0 Å². The molecular weight excluding hydrogens is 440 g/mol. The van der Waals surface area contributed by atoms with Gasteiger partial charge in [0, 0.05) is 32.4 Å². The van der Waals surface area contributed by atoms with Crippen molar-refractivity contribution < 1.29 is 14.7 Å². The van der Waals surface area contributed by atoms with Gasteiger partial charge in [0.25, 0.3) is 0 Å². The Bertz CT molecular complexity index is 819. The predicted octanol–water partition coefficient (Wildman–Crippen LogP) is 3.14. The van der Waals surface area contributed by atoms with Gasteiger partial charge in [0.2, 0.25) is 11.8 Å². The number of likely N-dealkylation sites (tertiary alicyclic amines) is 1. The van der Waals surface area contributed by atoms with Crippen LogP contribution >= 0.6 is 11.6 Å². The molecule has 0 bridgehead atoms. The number of hydrogen-bond acceptors (Lipinski definition) is 5. The first-order valence-corrected chi connectivity index (χ1v) is 13.0. The van der Waals surface area contributed by atoms with Crippen LogP contribution in [0.15, 0.2) is 18.3 Å². The molecule has 7 nitrogen and oxygen atoms in total. The fourth-order valence-corrected chi connectivity index (χ4v) is 5.91. The molecule has 182 valence electrons. The average Bonchev–Trinajstić information content (AvgIpc) is 2.84. The van der Waals surface area contributed by atoms with Crippen molar-refractivity contribution in [3.8, 4) is 0 Å². The molecule has 0 radical (unpaired) electrons. The van der Waals surface area contributed by atoms with E-state index >= 15 is 0 Å². The molecule has 2 amide bonds. The molecule has 3 aliphatic rings. The Balaban J connectivity index is 1.47. The summed E-state index contributed by atoms with van der Waals surface area (Å²) >= 11 is 5.90. The van der Waals surface area contributed by atoms with Crippen molar-refractivity contribution >= 4 is 23.4 Å². The largest absolute Gasteiger partial charge is 0.390 e. The van der Waals surface area contributed by atoms with Crippen LogP contribution in [0.1, 0.15) is 70.3 Å². The van der Waals surface area contributed by atoms with Gasteiger partial charge in [-0.2, -0.15) is 0 Å². The summed E-state index contributed by atoms with van der Waals surface area (Å²) in [5.41, 5.74) is 0.266. The number of pyridine rings is 1. The molecule has 0 aromatic carbocycles. The Kier molecular flexibility index (Phi) is 7.92. The summed E-state index contributed by atoms with van der Waals surface area (Å²) in [7, 11) is 0. The van der Waals surface area contributed by atoms with Crippen LogP contribution in [-0.4, -0.2) is 69.0 Å². The fourth-order valence-electron chi connectivity index (χ4n) is 5.79. The zero-order valence-electron chi connectivity index (χ0n) is 19.6. The van der Waals surface area contributed by atoms with Crippen molar-refractivity contribution in [2.24, 2.45) is 5.92 Å². The first-order chi connectivity index (χ1) is 15.9. The second-order valence-corrected chi connectivity index (χ2v) is 10.4. The van der Waals surface area contributed by atoms with Crippen LogP contribution in [0.2, 0.25) is 5.15 Å². The summed E-state index contributed by atoms with van der Waals surface area (Å²) in [6.07, 6.45) is 9.18. The van der Waals surface area contributed by atoms with E-state index in [0.29, 0.717) is 24.5 Å². The van der Waals surface area contributed by atoms with Crippen molar-refractivity contribution in [1.29, 1.82) is 0 Å². The molecule has 33 heavy (non-hydrogen) atoms. The first-order valence-electron chi connectivity index (χ1n) is 12.6. The van der Waals surface area contributed by atoms with E-state index < -0.39 is 17.7 Å². The van der Waals surface area contributed by atoms with Crippen molar-refractivity contribution in [2.45, 2.75) is 88.9 Å². The molecule has 8 heteroatoms. The topological polar surface area (TPSA) is 85.8 Å². The first kappa shape index (κ1) is 24.4. The van der Waals surface area contributed by atoms with Gasteiger partial charge in [0.15, 0.2) is 0 Å². The Hall–Kier alpha value is -1.70. The summed E-state index contributed by atoms with van der Waals surface area (Å²) < 4.78 is 0. The molecule has 2 aliphatic heterocycles. The quantitative estimate of drug-likeness (QED) is 0.590. The van der Waals surface area contributed by atoms with Crippen LogP contribution in [0, 0.1) is 5.92 Å². The highest BCUT2D eigenvalue weighted by molar-refractivity contribution is 6.29. The monoisotopic (exact) mass is 476 g/mol. The van der Waals surface area contributed by atoms with E-state index in [4.69, 9.17) is 11.6 Å². The molecular formula is C25H37ClN4O3. The second kappa shape index (κ2) is 10.7. The maximum Gasteiger partial charge on any atom is 0.248 e. The molecule has 3 heterocycles. The third kappa shape index (κ3) is 5.20. The van der Waals surface area contributed by atoms with Gasteiger partial charge in [-0.1, -0.05) is 50.3 Å². The highest BCUT2D eigenvalue weighted by Gasteiger charge is 2.55. The number of piperazine rings is 1. The maximum absolute atomic E-state index is 13.7. The number of carbonyl (C=O) groups excluding carboxylic acids is 2. The Morgan fingerprint density at radius 2 is 1.94 bits per heavy atom. The van der Waals surface area contributed by atoms with Gasteiger partial charge in [0.05, 0.1) is 6.10 Å². The predicted molar refractivity (Wildman–Crippen MR) is 128 cm³/mol. The lowest BCUT2D eigenvalue weighted by atomic mass is 9.78. The Morgan fingerprint density at radius 3 is 2.58 bits per heavy atom. The van der Waals surface area contributed by atoms with E-state index in [2.05, 4.69) is 22.1 Å². The zero-order chi connectivity index (χ0) is 23.4. The third-order valence-electron chi connectivity index (χ3n) is 7.85. The van der Waals surface area contributed by atoms with Crippen LogP contribution in [-0.2, 0) is 16.1 Å². The van der Waals surface area contributed by atoms with Crippen LogP contribution in [0.3, 0.4) is 0 Å². The van der Waals surface area contributed by atoms with Crippen molar-refractivity contribution in [2.75, 3.05) is 19.6 Å². The smallest absolute Gasteiger partial charge is 0.248 e. The summed E-state index contributed by atoms with van der Waals surface area (Å²) in [6.45, 7) is 4.85. The maximum atomic E-state index is 13.7. The van der Waals surface area contributed by atoms with Gasteiger partial charge in [-0.05, 0) is 49.7 Å². The molecule has 3 fully saturated rings. The summed E-state index contributed by atoms with van der Waals surface area (Å²) in [6, 6.07) is 2.95. The lowest BCUT2D eigenvalue weighted by Crippen LogP contribution is -2.75. The molecule has 2 atom stereocenters.